The molecule has 2 aliphatic heterocycles. The van der Waals surface area contributed by atoms with Gasteiger partial charge in [-0.15, -0.1) is 0 Å². The lowest BCUT2D eigenvalue weighted by molar-refractivity contribution is 0.122. The molecule has 0 amide bonds. The molecule has 3 aromatic carbocycles. The molecule has 7 heteroatoms. The molecule has 0 saturated carbocycles. The fourth-order valence-corrected chi connectivity index (χ4v) is 6.42. The Labute approximate surface area is 222 Å². The highest BCUT2D eigenvalue weighted by Gasteiger charge is 2.47. The van der Waals surface area contributed by atoms with Gasteiger partial charge < -0.3 is 24.2 Å². The van der Waals surface area contributed by atoms with Crippen LogP contribution in [0.3, 0.4) is 0 Å². The number of para-hydroxylation sites is 1. The number of morpholine rings is 1. The van der Waals surface area contributed by atoms with Gasteiger partial charge in [-0.2, -0.15) is 0 Å². The molecule has 0 N–H and O–H groups in total. The van der Waals surface area contributed by atoms with Gasteiger partial charge in [0.25, 0.3) is 0 Å². The highest BCUT2D eigenvalue weighted by atomic mass is 32.1. The minimum atomic E-state index is -0.818. The monoisotopic (exact) mass is 512 g/mol. The molecule has 4 aromatic rings. The van der Waals surface area contributed by atoms with Gasteiger partial charge in [0.05, 0.1) is 23.8 Å². The maximum Gasteiger partial charge on any atom is 0.195 e. The summed E-state index contributed by atoms with van der Waals surface area (Å²) in [5.41, 5.74) is 5.70. The van der Waals surface area contributed by atoms with E-state index in [4.69, 9.17) is 14.5 Å². The van der Waals surface area contributed by atoms with Crippen LogP contribution < -0.4 is 19.4 Å². The molecule has 0 aliphatic carbocycles. The van der Waals surface area contributed by atoms with Gasteiger partial charge in [0.15, 0.2) is 10.7 Å². The molecule has 0 spiro atoms. The molecule has 0 unspecified atom stereocenters. The molecule has 3 heterocycles. The predicted molar refractivity (Wildman–Crippen MR) is 153 cm³/mol. The molecule has 1 aromatic heterocycles. The third-order valence-electron chi connectivity index (χ3n) is 7.20. The Hall–Kier alpha value is -3.55. The van der Waals surface area contributed by atoms with Crippen LogP contribution in [-0.2, 0) is 10.3 Å². The van der Waals surface area contributed by atoms with Gasteiger partial charge in [0, 0.05) is 69.3 Å². The van der Waals surface area contributed by atoms with Crippen molar-refractivity contribution < 1.29 is 9.47 Å². The lowest BCUT2D eigenvalue weighted by atomic mass is 9.81. The quantitative estimate of drug-likeness (QED) is 0.354. The average Bonchev–Trinajstić information content (AvgIpc) is 3.40. The largest absolute Gasteiger partial charge is 0.471 e. The van der Waals surface area contributed by atoms with Crippen LogP contribution in [0.2, 0.25) is 0 Å². The van der Waals surface area contributed by atoms with Crippen molar-refractivity contribution in [3.05, 3.63) is 88.8 Å². The van der Waals surface area contributed by atoms with E-state index in [1.54, 1.807) is 11.3 Å². The lowest BCUT2D eigenvalue weighted by Gasteiger charge is -2.39. The molecule has 2 aliphatic rings. The lowest BCUT2D eigenvalue weighted by Crippen LogP contribution is -2.38. The molecular formula is C30H32N4O2S. The van der Waals surface area contributed by atoms with Gasteiger partial charge in [0.1, 0.15) is 5.75 Å². The molecule has 0 bridgehead atoms. The fraction of sp³-hybridized carbons (Fsp3) is 0.300. The first-order valence-corrected chi connectivity index (χ1v) is 13.5. The summed E-state index contributed by atoms with van der Waals surface area (Å²) in [6.07, 6.45) is 0. The van der Waals surface area contributed by atoms with Crippen LogP contribution in [0.15, 0.2) is 72.8 Å². The van der Waals surface area contributed by atoms with Crippen molar-refractivity contribution in [2.45, 2.75) is 5.60 Å². The van der Waals surface area contributed by atoms with Gasteiger partial charge in [-0.25, -0.2) is 4.98 Å². The van der Waals surface area contributed by atoms with E-state index in [-0.39, 0.29) is 0 Å². The smallest absolute Gasteiger partial charge is 0.195 e. The normalized spacial score (nSPS) is 15.9. The van der Waals surface area contributed by atoms with Crippen LogP contribution >= 0.6 is 11.3 Å². The van der Waals surface area contributed by atoms with Gasteiger partial charge in [-0.05, 0) is 36.4 Å². The molecule has 0 radical (unpaired) electrons. The minimum Gasteiger partial charge on any atom is -0.471 e. The van der Waals surface area contributed by atoms with Crippen LogP contribution in [0.25, 0.3) is 11.3 Å². The molecule has 0 atom stereocenters. The zero-order chi connectivity index (χ0) is 25.6. The predicted octanol–water partition coefficient (Wildman–Crippen LogP) is 5.46. The zero-order valence-electron chi connectivity index (χ0n) is 21.8. The highest BCUT2D eigenvalue weighted by Crippen LogP contribution is 2.54. The van der Waals surface area contributed by atoms with E-state index >= 15 is 0 Å². The topological polar surface area (TPSA) is 41.1 Å². The fourth-order valence-electron chi connectivity index (χ4n) is 5.12. The third kappa shape index (κ3) is 4.03. The number of anilines is 3. The number of benzene rings is 3. The molecule has 190 valence electrons. The molecule has 6 rings (SSSR count). The van der Waals surface area contributed by atoms with E-state index in [1.165, 1.54) is 0 Å². The molecule has 6 nitrogen and oxygen atoms in total. The standard InChI is InChI=1S/C30H32N4O2S/c1-32(2)23-13-9-21(10-14-23)30(22-11-15-24(16-12-22)33(3)4)28-27(25-7-5-6-8-26(25)36-30)31-29(37-28)34-17-19-35-20-18-34/h5-16H,17-20H2,1-4H3. The van der Waals surface area contributed by atoms with Crippen molar-refractivity contribution in [2.24, 2.45) is 0 Å². The number of hydrogen-bond acceptors (Lipinski definition) is 7. The van der Waals surface area contributed by atoms with E-state index in [0.29, 0.717) is 0 Å². The second-order valence-corrected chi connectivity index (χ2v) is 10.9. The Kier molecular flexibility index (Phi) is 6.05. The zero-order valence-corrected chi connectivity index (χ0v) is 22.6. The molecule has 1 fully saturated rings. The summed E-state index contributed by atoms with van der Waals surface area (Å²) in [6.45, 7) is 3.13. The van der Waals surface area contributed by atoms with E-state index in [2.05, 4.69) is 110 Å². The van der Waals surface area contributed by atoms with E-state index in [9.17, 15) is 0 Å². The first kappa shape index (κ1) is 23.8. The molecular weight excluding hydrogens is 480 g/mol. The van der Waals surface area contributed by atoms with Crippen molar-refractivity contribution in [1.82, 2.24) is 4.98 Å². The summed E-state index contributed by atoms with van der Waals surface area (Å²) in [4.78, 5) is 12.9. The Balaban J connectivity index is 1.60. The first-order valence-electron chi connectivity index (χ1n) is 12.7. The van der Waals surface area contributed by atoms with Crippen LogP contribution in [0, 0.1) is 0 Å². The Morgan fingerprint density at radius 1 is 0.784 bits per heavy atom. The first-order chi connectivity index (χ1) is 18.0. The number of hydrogen-bond donors (Lipinski definition) is 0. The molecule has 37 heavy (non-hydrogen) atoms. The SMILES string of the molecule is CN(C)c1ccc(C2(c3ccc(N(C)C)cc3)Oc3ccccc3-c3nc(N4CCOCC4)sc32)cc1. The summed E-state index contributed by atoms with van der Waals surface area (Å²) in [6, 6.07) is 25.7. The highest BCUT2D eigenvalue weighted by molar-refractivity contribution is 7.16. The summed E-state index contributed by atoms with van der Waals surface area (Å²) < 4.78 is 12.7. The maximum absolute atomic E-state index is 7.12. The summed E-state index contributed by atoms with van der Waals surface area (Å²) in [7, 11) is 8.25. The van der Waals surface area contributed by atoms with Crippen LogP contribution in [-0.4, -0.2) is 59.5 Å². The summed E-state index contributed by atoms with van der Waals surface area (Å²) >= 11 is 1.74. The third-order valence-corrected chi connectivity index (χ3v) is 8.42. The number of ether oxygens (including phenoxy) is 2. The van der Waals surface area contributed by atoms with E-state index in [1.807, 2.05) is 6.07 Å². The van der Waals surface area contributed by atoms with Gasteiger partial charge in [0.2, 0.25) is 0 Å². The maximum atomic E-state index is 7.12. The van der Waals surface area contributed by atoms with Crippen LogP contribution in [0.1, 0.15) is 16.0 Å². The Morgan fingerprint density at radius 2 is 1.35 bits per heavy atom. The van der Waals surface area contributed by atoms with Gasteiger partial charge in [-0.3, -0.25) is 0 Å². The van der Waals surface area contributed by atoms with Gasteiger partial charge >= 0.3 is 0 Å². The second-order valence-electron chi connectivity index (χ2n) is 9.94. The van der Waals surface area contributed by atoms with E-state index < -0.39 is 5.60 Å². The van der Waals surface area contributed by atoms with Crippen molar-refractivity contribution >= 4 is 27.8 Å². The van der Waals surface area contributed by atoms with Gasteiger partial charge in [-0.1, -0.05) is 47.7 Å². The van der Waals surface area contributed by atoms with Crippen molar-refractivity contribution in [3.63, 3.8) is 0 Å². The van der Waals surface area contributed by atoms with Crippen molar-refractivity contribution in [3.8, 4) is 17.0 Å². The Bertz CT molecular complexity index is 1340. The van der Waals surface area contributed by atoms with Crippen LogP contribution in [0.5, 0.6) is 5.75 Å². The number of thiazole rings is 1. The van der Waals surface area contributed by atoms with Crippen molar-refractivity contribution in [2.75, 3.05) is 69.2 Å². The van der Waals surface area contributed by atoms with E-state index in [0.717, 1.165) is 75.8 Å². The molecule has 1 saturated heterocycles. The number of fused-ring (bicyclic) bond motifs is 3. The van der Waals surface area contributed by atoms with Crippen molar-refractivity contribution in [1.29, 1.82) is 0 Å². The van der Waals surface area contributed by atoms with Crippen LogP contribution in [0.4, 0.5) is 16.5 Å². The summed E-state index contributed by atoms with van der Waals surface area (Å²) in [5.74, 6) is 0.849. The number of aromatic nitrogens is 1. The Morgan fingerprint density at radius 3 is 1.92 bits per heavy atom. The summed E-state index contributed by atoms with van der Waals surface area (Å²) in [5, 5.41) is 1.02. The average molecular weight is 513 g/mol. The minimum absolute atomic E-state index is 0.723. The second kappa shape index (κ2) is 9.39. The number of rotatable bonds is 5. The number of nitrogens with zero attached hydrogens (tertiary/aromatic N) is 4.